The molecule has 0 aromatic heterocycles. The van der Waals surface area contributed by atoms with E-state index in [0.717, 1.165) is 12.8 Å². The van der Waals surface area contributed by atoms with E-state index in [1.165, 1.54) is 31.4 Å². The van der Waals surface area contributed by atoms with Gasteiger partial charge in [0.1, 0.15) is 6.10 Å². The molecule has 0 radical (unpaired) electrons. The van der Waals surface area contributed by atoms with Gasteiger partial charge in [0, 0.05) is 0 Å². The molecular weight excluding hydrogens is 256 g/mol. The van der Waals surface area contributed by atoms with Gasteiger partial charge in [-0.15, -0.1) is 0 Å². The van der Waals surface area contributed by atoms with Crippen LogP contribution in [0.25, 0.3) is 0 Å². The monoisotopic (exact) mass is 276 g/mol. The quantitative estimate of drug-likeness (QED) is 0.855. The Morgan fingerprint density at radius 2 is 1.75 bits per heavy atom. The van der Waals surface area contributed by atoms with Crippen molar-refractivity contribution in [2.24, 2.45) is 5.92 Å². The van der Waals surface area contributed by atoms with E-state index in [4.69, 9.17) is 9.84 Å². The Kier molecular flexibility index (Phi) is 4.77. The van der Waals surface area contributed by atoms with Gasteiger partial charge in [-0.25, -0.2) is 9.59 Å². The van der Waals surface area contributed by atoms with Gasteiger partial charge < -0.3 is 9.84 Å². The third kappa shape index (κ3) is 3.38. The zero-order valence-electron chi connectivity index (χ0n) is 11.7. The molecule has 1 aliphatic carbocycles. The van der Waals surface area contributed by atoms with Crippen molar-refractivity contribution in [2.45, 2.75) is 45.1 Å². The second-order valence-corrected chi connectivity index (χ2v) is 5.36. The van der Waals surface area contributed by atoms with Crippen molar-refractivity contribution in [1.82, 2.24) is 0 Å². The number of esters is 1. The van der Waals surface area contributed by atoms with E-state index < -0.39 is 11.9 Å². The number of benzene rings is 1. The van der Waals surface area contributed by atoms with Crippen LogP contribution >= 0.6 is 0 Å². The molecule has 4 nitrogen and oxygen atoms in total. The lowest BCUT2D eigenvalue weighted by Gasteiger charge is -2.27. The van der Waals surface area contributed by atoms with Gasteiger partial charge in [-0.05, 0) is 37.8 Å². The van der Waals surface area contributed by atoms with Gasteiger partial charge in [-0.1, -0.05) is 31.4 Å². The lowest BCUT2D eigenvalue weighted by Crippen LogP contribution is -2.26. The first kappa shape index (κ1) is 14.6. The van der Waals surface area contributed by atoms with E-state index in [-0.39, 0.29) is 17.2 Å². The number of hydrogen-bond donors (Lipinski definition) is 1. The predicted octanol–water partition coefficient (Wildman–Crippen LogP) is 3.51. The fourth-order valence-corrected chi connectivity index (χ4v) is 2.78. The molecule has 108 valence electrons. The number of carboxylic acids is 1. The van der Waals surface area contributed by atoms with Gasteiger partial charge in [0.25, 0.3) is 0 Å². The predicted molar refractivity (Wildman–Crippen MR) is 74.9 cm³/mol. The van der Waals surface area contributed by atoms with E-state index in [1.807, 2.05) is 6.92 Å². The number of ether oxygens (including phenoxy) is 1. The van der Waals surface area contributed by atoms with Gasteiger partial charge in [0.15, 0.2) is 0 Å². The zero-order chi connectivity index (χ0) is 14.5. The molecule has 1 saturated carbocycles. The number of carbonyl (C=O) groups excluding carboxylic acids is 1. The molecule has 0 spiro atoms. The minimum Gasteiger partial charge on any atom is -0.478 e. The van der Waals surface area contributed by atoms with Crippen LogP contribution in [0.4, 0.5) is 0 Å². The first-order valence-electron chi connectivity index (χ1n) is 7.13. The van der Waals surface area contributed by atoms with E-state index in [0.29, 0.717) is 5.92 Å². The molecule has 1 N–H and O–H groups in total. The third-order valence-electron chi connectivity index (χ3n) is 3.98. The van der Waals surface area contributed by atoms with Crippen molar-refractivity contribution in [1.29, 1.82) is 0 Å². The van der Waals surface area contributed by atoms with Crippen LogP contribution in [0, 0.1) is 5.92 Å². The molecule has 4 heteroatoms. The Balaban J connectivity index is 2.06. The maximum atomic E-state index is 12.1. The van der Waals surface area contributed by atoms with Crippen LogP contribution in [0.1, 0.15) is 59.7 Å². The maximum Gasteiger partial charge on any atom is 0.339 e. The van der Waals surface area contributed by atoms with Crippen molar-refractivity contribution in [2.75, 3.05) is 0 Å². The highest BCUT2D eigenvalue weighted by molar-refractivity contribution is 6.02. The molecular formula is C16H20O4. The minimum absolute atomic E-state index is 0.00616. The van der Waals surface area contributed by atoms with E-state index in [9.17, 15) is 9.59 Å². The SMILES string of the molecule is C[C@H](OC(=O)c1ccccc1C(=O)O)C1CCCCC1. The number of hydrogen-bond acceptors (Lipinski definition) is 3. The summed E-state index contributed by atoms with van der Waals surface area (Å²) >= 11 is 0. The fourth-order valence-electron chi connectivity index (χ4n) is 2.78. The van der Waals surface area contributed by atoms with Gasteiger partial charge in [-0.3, -0.25) is 0 Å². The number of aromatic carboxylic acids is 1. The van der Waals surface area contributed by atoms with E-state index >= 15 is 0 Å². The summed E-state index contributed by atoms with van der Waals surface area (Å²) in [5.74, 6) is -1.26. The average molecular weight is 276 g/mol. The van der Waals surface area contributed by atoms with Crippen LogP contribution in [0.2, 0.25) is 0 Å². The van der Waals surface area contributed by atoms with Gasteiger partial charge in [-0.2, -0.15) is 0 Å². The molecule has 0 heterocycles. The molecule has 0 unspecified atom stereocenters. The molecule has 1 fully saturated rings. The molecule has 1 atom stereocenters. The highest BCUT2D eigenvalue weighted by Crippen LogP contribution is 2.28. The summed E-state index contributed by atoms with van der Waals surface area (Å²) in [7, 11) is 0. The van der Waals surface area contributed by atoms with Crippen molar-refractivity contribution in [3.05, 3.63) is 35.4 Å². The van der Waals surface area contributed by atoms with Crippen LogP contribution < -0.4 is 0 Å². The van der Waals surface area contributed by atoms with Crippen LogP contribution in [-0.2, 0) is 4.74 Å². The Morgan fingerprint density at radius 3 is 2.35 bits per heavy atom. The van der Waals surface area contributed by atoms with Gasteiger partial charge in [0.2, 0.25) is 0 Å². The van der Waals surface area contributed by atoms with Gasteiger partial charge >= 0.3 is 11.9 Å². The molecule has 1 aromatic carbocycles. The van der Waals surface area contributed by atoms with E-state index in [1.54, 1.807) is 12.1 Å². The highest BCUT2D eigenvalue weighted by atomic mass is 16.5. The largest absolute Gasteiger partial charge is 0.478 e. The van der Waals surface area contributed by atoms with Crippen molar-refractivity contribution in [3.63, 3.8) is 0 Å². The van der Waals surface area contributed by atoms with Crippen LogP contribution in [-0.4, -0.2) is 23.1 Å². The summed E-state index contributed by atoms with van der Waals surface area (Å²) in [6, 6.07) is 6.17. The minimum atomic E-state index is -1.11. The molecule has 0 aliphatic heterocycles. The lowest BCUT2D eigenvalue weighted by molar-refractivity contribution is 0.0137. The Hall–Kier alpha value is -1.84. The van der Waals surface area contributed by atoms with E-state index in [2.05, 4.69) is 0 Å². The third-order valence-corrected chi connectivity index (χ3v) is 3.98. The summed E-state index contributed by atoms with van der Waals surface area (Å²) in [6.45, 7) is 1.90. The average Bonchev–Trinajstić information content (AvgIpc) is 2.48. The molecule has 1 aromatic rings. The molecule has 0 amide bonds. The Labute approximate surface area is 118 Å². The van der Waals surface area contributed by atoms with Crippen molar-refractivity contribution < 1.29 is 19.4 Å². The van der Waals surface area contributed by atoms with Gasteiger partial charge in [0.05, 0.1) is 11.1 Å². The first-order valence-corrected chi connectivity index (χ1v) is 7.13. The summed E-state index contributed by atoms with van der Waals surface area (Å²) in [6.07, 6.45) is 5.60. The normalized spacial score (nSPS) is 17.4. The highest BCUT2D eigenvalue weighted by Gasteiger charge is 2.25. The number of carbonyl (C=O) groups is 2. The standard InChI is InChI=1S/C16H20O4/c1-11(12-7-3-2-4-8-12)20-16(19)14-10-6-5-9-13(14)15(17)18/h5-6,9-12H,2-4,7-8H2,1H3,(H,17,18)/t11-/m0/s1. The van der Waals surface area contributed by atoms with Crippen LogP contribution in [0.15, 0.2) is 24.3 Å². The second-order valence-electron chi connectivity index (χ2n) is 5.36. The Bertz CT molecular complexity index is 489. The first-order chi connectivity index (χ1) is 9.59. The summed E-state index contributed by atoms with van der Waals surface area (Å²) in [5, 5.41) is 9.09. The maximum absolute atomic E-state index is 12.1. The zero-order valence-corrected chi connectivity index (χ0v) is 11.7. The smallest absolute Gasteiger partial charge is 0.339 e. The van der Waals surface area contributed by atoms with Crippen LogP contribution in [0.3, 0.4) is 0 Å². The summed E-state index contributed by atoms with van der Waals surface area (Å²) < 4.78 is 5.46. The Morgan fingerprint density at radius 1 is 1.15 bits per heavy atom. The molecule has 20 heavy (non-hydrogen) atoms. The number of rotatable bonds is 4. The second kappa shape index (κ2) is 6.55. The topological polar surface area (TPSA) is 63.6 Å². The van der Waals surface area contributed by atoms with Crippen LogP contribution in [0.5, 0.6) is 0 Å². The van der Waals surface area contributed by atoms with Crippen molar-refractivity contribution in [3.8, 4) is 0 Å². The fraction of sp³-hybridized carbons (Fsp3) is 0.500. The number of carboxylic acid groups (broad SMARTS) is 1. The summed E-state index contributed by atoms with van der Waals surface area (Å²) in [5.41, 5.74) is 0.121. The summed E-state index contributed by atoms with van der Waals surface area (Å²) in [4.78, 5) is 23.2. The molecule has 0 saturated heterocycles. The molecule has 0 bridgehead atoms. The lowest BCUT2D eigenvalue weighted by atomic mass is 9.86. The van der Waals surface area contributed by atoms with Crippen molar-refractivity contribution >= 4 is 11.9 Å². The molecule has 1 aliphatic rings. The molecule has 2 rings (SSSR count).